The average Bonchev–Trinajstić information content (AvgIpc) is 2.35. The molecule has 0 radical (unpaired) electrons. The number of amides is 2. The fourth-order valence-electron chi connectivity index (χ4n) is 1.42. The van der Waals surface area contributed by atoms with Crippen molar-refractivity contribution in [3.05, 3.63) is 23.8 Å². The fraction of sp³-hybridized carbons (Fsp3) is 0.273. The first kappa shape index (κ1) is 11.4. The van der Waals surface area contributed by atoms with Gasteiger partial charge < -0.3 is 10.1 Å². The second-order valence-corrected chi connectivity index (χ2v) is 3.41. The summed E-state index contributed by atoms with van der Waals surface area (Å²) in [4.78, 5) is 27.5. The predicted octanol–water partition coefficient (Wildman–Crippen LogP) is 0.699. The van der Waals surface area contributed by atoms with E-state index in [1.807, 2.05) is 0 Å². The van der Waals surface area contributed by atoms with Gasteiger partial charge in [0.2, 0.25) is 0 Å². The molecule has 0 atom stereocenters. The summed E-state index contributed by atoms with van der Waals surface area (Å²) in [5.41, 5.74) is 3.16. The Kier molecular flexibility index (Phi) is 3.24. The number of carbonyl (C=O) groups excluding carboxylic acids is 2. The summed E-state index contributed by atoms with van der Waals surface area (Å²) in [5, 5.41) is 2.63. The molecule has 90 valence electrons. The average molecular weight is 236 g/mol. The molecule has 1 aliphatic rings. The maximum absolute atomic E-state index is 11.6. The number of ether oxygens (including phenoxy) is 1. The minimum Gasteiger partial charge on any atom is -0.482 e. The van der Waals surface area contributed by atoms with Gasteiger partial charge in [0, 0.05) is 5.56 Å². The molecular formula is C11H12N2O4. The molecule has 0 unspecified atom stereocenters. The van der Waals surface area contributed by atoms with Crippen LogP contribution in [-0.2, 0) is 9.63 Å². The van der Waals surface area contributed by atoms with Crippen molar-refractivity contribution in [2.24, 2.45) is 0 Å². The lowest BCUT2D eigenvalue weighted by Gasteiger charge is -2.18. The van der Waals surface area contributed by atoms with Gasteiger partial charge >= 0.3 is 0 Å². The summed E-state index contributed by atoms with van der Waals surface area (Å²) in [6.07, 6.45) is 0. The molecule has 6 heteroatoms. The van der Waals surface area contributed by atoms with Crippen LogP contribution in [0.15, 0.2) is 18.2 Å². The van der Waals surface area contributed by atoms with Gasteiger partial charge in [-0.2, -0.15) is 0 Å². The van der Waals surface area contributed by atoms with Crippen molar-refractivity contribution in [3.8, 4) is 5.75 Å². The molecule has 1 aromatic rings. The molecule has 2 N–H and O–H groups in total. The Labute approximate surface area is 97.9 Å². The zero-order valence-electron chi connectivity index (χ0n) is 9.28. The quantitative estimate of drug-likeness (QED) is 0.757. The van der Waals surface area contributed by atoms with Gasteiger partial charge in [0.25, 0.3) is 11.8 Å². The van der Waals surface area contributed by atoms with Crippen LogP contribution < -0.4 is 15.5 Å². The minimum absolute atomic E-state index is 0.00249. The van der Waals surface area contributed by atoms with E-state index >= 15 is 0 Å². The number of hydroxylamine groups is 1. The molecule has 6 nitrogen and oxygen atoms in total. The molecule has 17 heavy (non-hydrogen) atoms. The van der Waals surface area contributed by atoms with E-state index in [2.05, 4.69) is 10.8 Å². The number of carbonyl (C=O) groups is 2. The van der Waals surface area contributed by atoms with Crippen LogP contribution >= 0.6 is 0 Å². The minimum atomic E-state index is -0.366. The Bertz CT molecular complexity index is 459. The van der Waals surface area contributed by atoms with Crippen molar-refractivity contribution in [2.75, 3.05) is 18.5 Å². The summed E-state index contributed by atoms with van der Waals surface area (Å²) in [6, 6.07) is 4.78. The monoisotopic (exact) mass is 236 g/mol. The lowest BCUT2D eigenvalue weighted by Crippen LogP contribution is -2.27. The van der Waals surface area contributed by atoms with Crippen molar-refractivity contribution in [1.29, 1.82) is 0 Å². The third kappa shape index (κ3) is 2.54. The summed E-state index contributed by atoms with van der Waals surface area (Å²) in [7, 11) is 0. The van der Waals surface area contributed by atoms with Crippen LogP contribution in [0.3, 0.4) is 0 Å². The molecule has 0 bridgehead atoms. The Morgan fingerprint density at radius 3 is 3.18 bits per heavy atom. The van der Waals surface area contributed by atoms with Crippen LogP contribution in [0.25, 0.3) is 0 Å². The maximum atomic E-state index is 11.6. The molecule has 2 amide bonds. The predicted molar refractivity (Wildman–Crippen MR) is 59.7 cm³/mol. The second kappa shape index (κ2) is 4.84. The lowest BCUT2D eigenvalue weighted by atomic mass is 10.1. The van der Waals surface area contributed by atoms with Crippen molar-refractivity contribution < 1.29 is 19.2 Å². The van der Waals surface area contributed by atoms with Gasteiger partial charge in [-0.25, -0.2) is 5.48 Å². The molecule has 0 aromatic heterocycles. The van der Waals surface area contributed by atoms with Gasteiger partial charge in [-0.1, -0.05) is 0 Å². The van der Waals surface area contributed by atoms with E-state index in [4.69, 9.17) is 9.57 Å². The largest absolute Gasteiger partial charge is 0.482 e. The van der Waals surface area contributed by atoms with Crippen LogP contribution in [0.4, 0.5) is 5.69 Å². The molecule has 1 aliphatic heterocycles. The zero-order chi connectivity index (χ0) is 12.3. The Balaban J connectivity index is 2.18. The molecule has 0 saturated carbocycles. The second-order valence-electron chi connectivity index (χ2n) is 3.41. The summed E-state index contributed by atoms with van der Waals surface area (Å²) >= 11 is 0. The highest BCUT2D eigenvalue weighted by atomic mass is 16.6. The van der Waals surface area contributed by atoms with Crippen LogP contribution in [0.2, 0.25) is 0 Å². The molecule has 0 fully saturated rings. The zero-order valence-corrected chi connectivity index (χ0v) is 9.28. The number of anilines is 1. The van der Waals surface area contributed by atoms with Crippen LogP contribution in [0.5, 0.6) is 5.75 Å². The van der Waals surface area contributed by atoms with E-state index in [0.29, 0.717) is 23.6 Å². The molecule has 1 heterocycles. The lowest BCUT2D eigenvalue weighted by molar-refractivity contribution is -0.118. The summed E-state index contributed by atoms with van der Waals surface area (Å²) in [6.45, 7) is 2.15. The summed E-state index contributed by atoms with van der Waals surface area (Å²) in [5.74, 6) is -0.0492. The molecular weight excluding hydrogens is 224 g/mol. The van der Waals surface area contributed by atoms with Gasteiger partial charge in [-0.3, -0.25) is 14.4 Å². The summed E-state index contributed by atoms with van der Waals surface area (Å²) < 4.78 is 5.18. The molecule has 0 saturated heterocycles. The molecule has 2 rings (SSSR count). The first-order chi connectivity index (χ1) is 8.20. The van der Waals surface area contributed by atoms with E-state index < -0.39 is 0 Å². The standard InChI is InChI=1S/C11H12N2O4/c1-2-17-13-11(15)7-3-4-9-8(5-7)12-10(14)6-16-9/h3-5H,2,6H2,1H3,(H,12,14)(H,13,15). The first-order valence-electron chi connectivity index (χ1n) is 5.19. The van der Waals surface area contributed by atoms with Gasteiger partial charge in [0.15, 0.2) is 6.61 Å². The number of hydrogen-bond acceptors (Lipinski definition) is 4. The third-order valence-corrected chi connectivity index (χ3v) is 2.18. The van der Waals surface area contributed by atoms with E-state index in [1.54, 1.807) is 25.1 Å². The number of benzene rings is 1. The van der Waals surface area contributed by atoms with Gasteiger partial charge in [-0.15, -0.1) is 0 Å². The maximum Gasteiger partial charge on any atom is 0.274 e. The van der Waals surface area contributed by atoms with Gasteiger partial charge in [-0.05, 0) is 25.1 Å². The molecule has 0 spiro atoms. The first-order valence-corrected chi connectivity index (χ1v) is 5.19. The van der Waals surface area contributed by atoms with Crippen molar-refractivity contribution >= 4 is 17.5 Å². The van der Waals surface area contributed by atoms with E-state index in [-0.39, 0.29) is 18.4 Å². The fourth-order valence-corrected chi connectivity index (χ4v) is 1.42. The highest BCUT2D eigenvalue weighted by Crippen LogP contribution is 2.28. The topological polar surface area (TPSA) is 76.7 Å². The normalized spacial score (nSPS) is 13.4. The molecule has 0 aliphatic carbocycles. The highest BCUT2D eigenvalue weighted by molar-refractivity contribution is 5.99. The Hall–Kier alpha value is -2.08. The Morgan fingerprint density at radius 2 is 2.41 bits per heavy atom. The van der Waals surface area contributed by atoms with E-state index in [9.17, 15) is 9.59 Å². The van der Waals surface area contributed by atoms with E-state index in [0.717, 1.165) is 0 Å². The molecule has 1 aromatic carbocycles. The SMILES string of the molecule is CCONC(=O)c1ccc2c(c1)NC(=O)CO2. The van der Waals surface area contributed by atoms with Crippen LogP contribution in [0, 0.1) is 0 Å². The van der Waals surface area contributed by atoms with Gasteiger partial charge in [0.1, 0.15) is 5.75 Å². The Morgan fingerprint density at radius 1 is 1.59 bits per heavy atom. The number of fused-ring (bicyclic) bond motifs is 1. The number of rotatable bonds is 3. The van der Waals surface area contributed by atoms with Crippen LogP contribution in [0.1, 0.15) is 17.3 Å². The number of hydrogen-bond donors (Lipinski definition) is 2. The third-order valence-electron chi connectivity index (χ3n) is 2.18. The number of nitrogens with one attached hydrogen (secondary N) is 2. The van der Waals surface area contributed by atoms with Crippen LogP contribution in [-0.4, -0.2) is 25.0 Å². The highest BCUT2D eigenvalue weighted by Gasteiger charge is 2.17. The van der Waals surface area contributed by atoms with E-state index in [1.165, 1.54) is 0 Å². The van der Waals surface area contributed by atoms with Crippen molar-refractivity contribution in [1.82, 2.24) is 5.48 Å². The smallest absolute Gasteiger partial charge is 0.274 e. The van der Waals surface area contributed by atoms with Crippen molar-refractivity contribution in [2.45, 2.75) is 6.92 Å². The van der Waals surface area contributed by atoms with Gasteiger partial charge in [0.05, 0.1) is 12.3 Å². The van der Waals surface area contributed by atoms with Crippen molar-refractivity contribution in [3.63, 3.8) is 0 Å².